The van der Waals surface area contributed by atoms with Gasteiger partial charge in [-0.1, -0.05) is 6.42 Å². The lowest BCUT2D eigenvalue weighted by Gasteiger charge is -2.35. The molecular weight excluding hydrogens is 268 g/mol. The lowest BCUT2D eigenvalue weighted by molar-refractivity contribution is -0.141. The Morgan fingerprint density at radius 2 is 2.19 bits per heavy atom. The molecule has 21 heavy (non-hydrogen) atoms. The molecule has 1 amide bonds. The molecule has 0 bridgehead atoms. The van der Waals surface area contributed by atoms with Crippen molar-refractivity contribution in [2.45, 2.75) is 31.4 Å². The Hall–Kier alpha value is -1.40. The van der Waals surface area contributed by atoms with E-state index in [9.17, 15) is 9.90 Å². The van der Waals surface area contributed by atoms with Crippen LogP contribution in [-0.4, -0.2) is 69.4 Å². The molecule has 1 aliphatic heterocycles. The van der Waals surface area contributed by atoms with Crippen molar-refractivity contribution in [1.82, 2.24) is 19.6 Å². The minimum absolute atomic E-state index is 0.183. The van der Waals surface area contributed by atoms with E-state index in [2.05, 4.69) is 10.00 Å². The second-order valence-corrected chi connectivity index (χ2v) is 6.55. The van der Waals surface area contributed by atoms with E-state index in [1.54, 1.807) is 10.9 Å². The highest BCUT2D eigenvalue weighted by molar-refractivity contribution is 5.79. The van der Waals surface area contributed by atoms with E-state index >= 15 is 0 Å². The molecule has 2 aliphatic rings. The van der Waals surface area contributed by atoms with Gasteiger partial charge in [0, 0.05) is 37.9 Å². The molecule has 1 N–H and O–H groups in total. The number of carbonyl (C=O) groups excluding carboxylic acids is 1. The third kappa shape index (κ3) is 3.27. The van der Waals surface area contributed by atoms with Crippen LogP contribution in [0.5, 0.6) is 0 Å². The van der Waals surface area contributed by atoms with Crippen LogP contribution in [0.3, 0.4) is 0 Å². The second kappa shape index (κ2) is 5.77. The number of hydrogen-bond acceptors (Lipinski definition) is 4. The second-order valence-electron chi connectivity index (χ2n) is 6.55. The zero-order valence-corrected chi connectivity index (χ0v) is 12.6. The molecule has 0 aromatic carbocycles. The number of rotatable bonds is 3. The molecule has 6 heteroatoms. The topological polar surface area (TPSA) is 61.6 Å². The fraction of sp³-hybridized carbons (Fsp3) is 0.733. The number of aliphatic hydroxyl groups is 1. The molecule has 0 spiro atoms. The maximum absolute atomic E-state index is 12.5. The first-order valence-electron chi connectivity index (χ1n) is 7.73. The van der Waals surface area contributed by atoms with Crippen LogP contribution in [0.2, 0.25) is 0 Å². The molecule has 1 aliphatic carbocycles. The predicted octanol–water partition coefficient (Wildman–Crippen LogP) is 0.188. The van der Waals surface area contributed by atoms with Crippen LogP contribution in [0, 0.1) is 5.92 Å². The van der Waals surface area contributed by atoms with Crippen molar-refractivity contribution in [2.75, 3.05) is 33.2 Å². The average Bonchev–Trinajstić information content (AvgIpc) is 2.78. The number of amides is 1. The highest BCUT2D eigenvalue weighted by Crippen LogP contribution is 2.29. The van der Waals surface area contributed by atoms with Gasteiger partial charge in [-0.25, -0.2) is 0 Å². The smallest absolute Gasteiger partial charge is 0.225 e. The van der Waals surface area contributed by atoms with Gasteiger partial charge >= 0.3 is 0 Å². The first-order valence-corrected chi connectivity index (χ1v) is 7.73. The molecule has 1 aromatic rings. The van der Waals surface area contributed by atoms with Crippen LogP contribution in [0.1, 0.15) is 19.3 Å². The minimum Gasteiger partial charge on any atom is -0.385 e. The Balaban J connectivity index is 1.73. The van der Waals surface area contributed by atoms with Crippen molar-refractivity contribution in [1.29, 1.82) is 0 Å². The molecule has 6 nitrogen and oxygen atoms in total. The Bertz CT molecular complexity index is 486. The van der Waals surface area contributed by atoms with Crippen LogP contribution >= 0.6 is 0 Å². The van der Waals surface area contributed by atoms with Gasteiger partial charge < -0.3 is 14.9 Å². The Morgan fingerprint density at radius 3 is 2.81 bits per heavy atom. The number of β-amino-alcohol motifs (C(OH)–C–C–N with tert-alkyl or cyclic N) is 1. The van der Waals surface area contributed by atoms with Gasteiger partial charge in [0.1, 0.15) is 5.60 Å². The predicted molar refractivity (Wildman–Crippen MR) is 78.6 cm³/mol. The summed E-state index contributed by atoms with van der Waals surface area (Å²) in [5.41, 5.74) is -0.948. The van der Waals surface area contributed by atoms with Crippen molar-refractivity contribution in [3.63, 3.8) is 0 Å². The summed E-state index contributed by atoms with van der Waals surface area (Å²) in [6, 6.07) is 1.85. The summed E-state index contributed by atoms with van der Waals surface area (Å²) < 4.78 is 1.74. The van der Waals surface area contributed by atoms with Crippen LogP contribution < -0.4 is 0 Å². The van der Waals surface area contributed by atoms with Crippen LogP contribution in [0.15, 0.2) is 18.5 Å². The van der Waals surface area contributed by atoms with Gasteiger partial charge in [0.25, 0.3) is 0 Å². The maximum atomic E-state index is 12.5. The summed E-state index contributed by atoms with van der Waals surface area (Å²) in [7, 11) is 1.99. The fourth-order valence-corrected chi connectivity index (χ4v) is 3.25. The average molecular weight is 292 g/mol. The van der Waals surface area contributed by atoms with Gasteiger partial charge in [-0.2, -0.15) is 5.10 Å². The number of nitrogens with zero attached hydrogens (tertiary/aromatic N) is 4. The summed E-state index contributed by atoms with van der Waals surface area (Å²) in [5, 5.41) is 15.2. The molecule has 1 saturated heterocycles. The molecule has 0 radical (unpaired) electrons. The summed E-state index contributed by atoms with van der Waals surface area (Å²) >= 11 is 0. The van der Waals surface area contributed by atoms with E-state index < -0.39 is 5.60 Å². The molecule has 116 valence electrons. The van der Waals surface area contributed by atoms with Crippen LogP contribution in [-0.2, 0) is 11.3 Å². The van der Waals surface area contributed by atoms with Crippen molar-refractivity contribution in [3.05, 3.63) is 18.5 Å². The maximum Gasteiger partial charge on any atom is 0.225 e. The standard InChI is InChI=1S/C15H24N4O2/c1-17-8-9-18(14(20)13-4-2-5-13)11-15(21,10-17)12-19-7-3-6-16-19/h3,6-7,13,21H,2,4-5,8-12H2,1H3. The van der Waals surface area contributed by atoms with Gasteiger partial charge in [-0.15, -0.1) is 0 Å². The third-order valence-electron chi connectivity index (χ3n) is 4.58. The van der Waals surface area contributed by atoms with E-state index in [0.717, 1.165) is 25.8 Å². The van der Waals surface area contributed by atoms with Crippen molar-refractivity contribution >= 4 is 5.91 Å². The Labute approximate surface area is 125 Å². The van der Waals surface area contributed by atoms with Crippen molar-refractivity contribution < 1.29 is 9.90 Å². The molecule has 2 heterocycles. The zero-order chi connectivity index (χ0) is 14.9. The minimum atomic E-state index is -0.948. The molecule has 1 aromatic heterocycles. The Morgan fingerprint density at radius 1 is 1.38 bits per heavy atom. The lowest BCUT2D eigenvalue weighted by Crippen LogP contribution is -2.52. The number of aromatic nitrogens is 2. The largest absolute Gasteiger partial charge is 0.385 e. The normalized spacial score (nSPS) is 28.2. The molecule has 3 rings (SSSR count). The Kier molecular flexibility index (Phi) is 3.99. The lowest BCUT2D eigenvalue weighted by atomic mass is 9.84. The summed E-state index contributed by atoms with van der Waals surface area (Å²) in [6.45, 7) is 2.87. The fourth-order valence-electron chi connectivity index (χ4n) is 3.25. The van der Waals surface area contributed by atoms with E-state index in [1.165, 1.54) is 0 Å². The quantitative estimate of drug-likeness (QED) is 0.864. The summed E-state index contributed by atoms with van der Waals surface area (Å²) in [4.78, 5) is 16.5. The van der Waals surface area contributed by atoms with Crippen LogP contribution in [0.4, 0.5) is 0 Å². The highest BCUT2D eigenvalue weighted by atomic mass is 16.3. The van der Waals surface area contributed by atoms with E-state index in [0.29, 0.717) is 26.2 Å². The molecule has 1 unspecified atom stereocenters. The number of likely N-dealkylation sites (N-methyl/N-ethyl adjacent to an activating group) is 1. The van der Waals surface area contributed by atoms with Gasteiger partial charge in [-0.3, -0.25) is 9.48 Å². The molecule has 2 fully saturated rings. The summed E-state index contributed by atoms with van der Waals surface area (Å²) in [6.07, 6.45) is 6.72. The zero-order valence-electron chi connectivity index (χ0n) is 12.6. The van der Waals surface area contributed by atoms with Gasteiger partial charge in [0.05, 0.1) is 13.1 Å². The van der Waals surface area contributed by atoms with E-state index in [1.807, 2.05) is 24.2 Å². The van der Waals surface area contributed by atoms with Gasteiger partial charge in [0.2, 0.25) is 5.91 Å². The molecule has 1 saturated carbocycles. The van der Waals surface area contributed by atoms with Gasteiger partial charge in [0.15, 0.2) is 0 Å². The monoisotopic (exact) mass is 292 g/mol. The van der Waals surface area contributed by atoms with Crippen molar-refractivity contribution in [3.8, 4) is 0 Å². The van der Waals surface area contributed by atoms with Crippen LogP contribution in [0.25, 0.3) is 0 Å². The SMILES string of the molecule is CN1CCN(C(=O)C2CCC2)CC(O)(Cn2cccn2)C1. The van der Waals surface area contributed by atoms with Gasteiger partial charge in [-0.05, 0) is 26.0 Å². The molecule has 1 atom stereocenters. The summed E-state index contributed by atoms with van der Waals surface area (Å²) in [5.74, 6) is 0.401. The number of hydrogen-bond donors (Lipinski definition) is 1. The molecular formula is C15H24N4O2. The van der Waals surface area contributed by atoms with E-state index in [4.69, 9.17) is 0 Å². The highest BCUT2D eigenvalue weighted by Gasteiger charge is 2.38. The first-order chi connectivity index (χ1) is 10.1. The third-order valence-corrected chi connectivity index (χ3v) is 4.58. The van der Waals surface area contributed by atoms with Crippen molar-refractivity contribution in [2.24, 2.45) is 5.92 Å². The number of carbonyl (C=O) groups is 1. The first kappa shape index (κ1) is 14.5. The van der Waals surface area contributed by atoms with E-state index in [-0.39, 0.29) is 11.8 Å².